The molecule has 0 radical (unpaired) electrons. The predicted molar refractivity (Wildman–Crippen MR) is 61.4 cm³/mol. The van der Waals surface area contributed by atoms with Gasteiger partial charge in [0.25, 0.3) is 0 Å². The highest BCUT2D eigenvalue weighted by atomic mass is 35.7. The van der Waals surface area contributed by atoms with E-state index in [2.05, 4.69) is 29.3 Å². The van der Waals surface area contributed by atoms with Crippen LogP contribution in [0.4, 0.5) is 0 Å². The molecule has 2 aromatic heterocycles. The van der Waals surface area contributed by atoms with Gasteiger partial charge < -0.3 is 0 Å². The molecule has 0 saturated carbocycles. The number of fused-ring (bicyclic) bond motifs is 3. The average molecular weight is 319 g/mol. The molecule has 0 saturated heterocycles. The number of aryl methyl sites for hydroxylation is 4. The average Bonchev–Trinajstić information content (AvgIpc) is 2.64. The summed E-state index contributed by atoms with van der Waals surface area (Å²) in [5, 5.41) is 0. The molecule has 1 aliphatic carbocycles. The Morgan fingerprint density at radius 2 is 1.75 bits per heavy atom. The fourth-order valence-corrected chi connectivity index (χ4v) is 3.78. The molecule has 2 heterocycles. The van der Waals surface area contributed by atoms with Crippen molar-refractivity contribution in [3.8, 4) is 0 Å². The lowest BCUT2D eigenvalue weighted by atomic mass is 10.0. The Labute approximate surface area is 122 Å². The first kappa shape index (κ1) is 15.6. The lowest BCUT2D eigenvalue weighted by Crippen LogP contribution is -2.68. The van der Waals surface area contributed by atoms with Gasteiger partial charge in [-0.2, -0.15) is 4.40 Å². The number of aromatic nitrogens is 2. The Hall–Kier alpha value is -0.830. The van der Waals surface area contributed by atoms with Crippen LogP contribution in [0.3, 0.4) is 0 Å². The third-order valence-electron chi connectivity index (χ3n) is 3.11. The largest absolute Gasteiger partial charge is 0.387 e. The maximum absolute atomic E-state index is 8.49. The fraction of sp³-hybridized carbons (Fsp3) is 0.500. The zero-order valence-corrected chi connectivity index (χ0v) is 12.8. The van der Waals surface area contributed by atoms with E-state index in [9.17, 15) is 0 Å². The second kappa shape index (κ2) is 5.88. The molecule has 1 aliphatic rings. The van der Waals surface area contributed by atoms with Gasteiger partial charge in [0.05, 0.1) is 4.88 Å². The van der Waals surface area contributed by atoms with Gasteiger partial charge in [0, 0.05) is 19.4 Å². The van der Waals surface area contributed by atoms with Gasteiger partial charge >= 0.3 is 4.96 Å². The van der Waals surface area contributed by atoms with Crippen LogP contribution in [-0.2, 0) is 12.8 Å². The van der Waals surface area contributed by atoms with Crippen LogP contribution in [0.25, 0.3) is 4.96 Å². The second-order valence-electron chi connectivity index (χ2n) is 4.71. The Morgan fingerprint density at radius 3 is 2.40 bits per heavy atom. The van der Waals surface area contributed by atoms with Crippen molar-refractivity contribution in [3.05, 3.63) is 28.0 Å². The van der Waals surface area contributed by atoms with E-state index in [4.69, 9.17) is 18.6 Å². The van der Waals surface area contributed by atoms with Gasteiger partial charge in [-0.25, -0.2) is 18.6 Å². The van der Waals surface area contributed by atoms with Crippen molar-refractivity contribution < 1.29 is 33.3 Å². The predicted octanol–water partition coefficient (Wildman–Crippen LogP) is -2.38. The number of thiazole rings is 1. The summed E-state index contributed by atoms with van der Waals surface area (Å²) >= 11 is 1.88. The van der Waals surface area contributed by atoms with E-state index in [1.54, 1.807) is 4.88 Å². The molecule has 0 atom stereocenters. The Bertz CT molecular complexity index is 618. The molecular weight excluding hydrogens is 304 g/mol. The van der Waals surface area contributed by atoms with Gasteiger partial charge in [0.15, 0.2) is 5.69 Å². The van der Waals surface area contributed by atoms with E-state index < -0.39 is 10.2 Å². The first-order chi connectivity index (χ1) is 9.25. The molecule has 0 aliphatic heterocycles. The van der Waals surface area contributed by atoms with Gasteiger partial charge in [-0.1, -0.05) is 0 Å². The standard InChI is InChI=1S/C12H15N2S.ClHO4/c1-8-7-9(2)14-10-5-3-4-6-11(10)15-12(14)13-8;2-1(3,4)5/h7H,3-6H2,1-2H3;(H,2,3,4,5)/q+1;/p-1. The third kappa shape index (κ3) is 3.85. The van der Waals surface area contributed by atoms with Gasteiger partial charge in [-0.15, -0.1) is 10.2 Å². The van der Waals surface area contributed by atoms with Crippen LogP contribution < -0.4 is 23.0 Å². The van der Waals surface area contributed by atoms with Crippen LogP contribution in [-0.4, -0.2) is 4.98 Å². The molecule has 0 bridgehead atoms. The summed E-state index contributed by atoms with van der Waals surface area (Å²) in [5.41, 5.74) is 3.98. The Balaban J connectivity index is 0.000000257. The summed E-state index contributed by atoms with van der Waals surface area (Å²) in [5.74, 6) is 0. The summed E-state index contributed by atoms with van der Waals surface area (Å²) in [6.45, 7) is 4.26. The van der Waals surface area contributed by atoms with Crippen molar-refractivity contribution >= 4 is 16.3 Å². The normalized spacial score (nSPS) is 14.7. The molecule has 0 unspecified atom stereocenters. The Kier molecular flexibility index (Phi) is 4.58. The van der Waals surface area contributed by atoms with Crippen LogP contribution in [0.1, 0.15) is 34.8 Å². The summed E-state index contributed by atoms with van der Waals surface area (Å²) < 4.78 is 36.3. The van der Waals surface area contributed by atoms with Crippen molar-refractivity contribution in [2.24, 2.45) is 0 Å². The minimum absolute atomic E-state index is 1.13. The van der Waals surface area contributed by atoms with E-state index in [1.807, 2.05) is 11.3 Å². The lowest BCUT2D eigenvalue weighted by Gasteiger charge is -2.17. The first-order valence-corrected chi connectivity index (χ1v) is 8.23. The zero-order valence-electron chi connectivity index (χ0n) is 11.2. The number of nitrogens with zero attached hydrogens (tertiary/aromatic N) is 2. The molecule has 8 heteroatoms. The Morgan fingerprint density at radius 1 is 1.15 bits per heavy atom. The summed E-state index contributed by atoms with van der Waals surface area (Å²) in [7, 11) is -4.94. The molecule has 110 valence electrons. The van der Waals surface area contributed by atoms with Crippen LogP contribution >= 0.6 is 11.3 Å². The van der Waals surface area contributed by atoms with Crippen LogP contribution in [0.2, 0.25) is 0 Å². The van der Waals surface area contributed by atoms with E-state index in [1.165, 1.54) is 42.0 Å². The SMILES string of the molecule is Cc1cc(C)[n+]2c3c(sc2n1)CCCC3.[O-][Cl+3]([O-])([O-])[O-]. The fourth-order valence-electron chi connectivity index (χ4n) is 2.47. The minimum Gasteiger partial charge on any atom is -0.222 e. The molecule has 0 spiro atoms. The van der Waals surface area contributed by atoms with Crippen molar-refractivity contribution in [3.63, 3.8) is 0 Å². The molecule has 2 aromatic rings. The molecular formula is C12H15ClN2O4S. The highest BCUT2D eigenvalue weighted by Gasteiger charge is 2.24. The highest BCUT2D eigenvalue weighted by molar-refractivity contribution is 7.16. The van der Waals surface area contributed by atoms with Crippen molar-refractivity contribution in [2.45, 2.75) is 39.5 Å². The van der Waals surface area contributed by atoms with Gasteiger partial charge in [0.1, 0.15) is 11.4 Å². The lowest BCUT2D eigenvalue weighted by molar-refractivity contribution is -2.00. The third-order valence-corrected chi connectivity index (χ3v) is 4.25. The van der Waals surface area contributed by atoms with E-state index in [0.717, 1.165) is 5.69 Å². The van der Waals surface area contributed by atoms with E-state index >= 15 is 0 Å². The summed E-state index contributed by atoms with van der Waals surface area (Å²) in [6.07, 6.45) is 5.16. The molecule has 20 heavy (non-hydrogen) atoms. The van der Waals surface area contributed by atoms with E-state index in [-0.39, 0.29) is 0 Å². The smallest absolute Gasteiger partial charge is 0.222 e. The maximum atomic E-state index is 8.49. The zero-order chi connectivity index (χ0) is 14.9. The summed E-state index contributed by atoms with van der Waals surface area (Å²) in [4.78, 5) is 7.36. The van der Waals surface area contributed by atoms with Crippen molar-refractivity contribution in [1.29, 1.82) is 0 Å². The molecule has 0 fully saturated rings. The highest BCUT2D eigenvalue weighted by Crippen LogP contribution is 2.25. The molecule has 6 nitrogen and oxygen atoms in total. The van der Waals surface area contributed by atoms with Gasteiger partial charge in [0.2, 0.25) is 0 Å². The van der Waals surface area contributed by atoms with Gasteiger partial charge in [-0.3, -0.25) is 0 Å². The quantitative estimate of drug-likeness (QED) is 0.504. The number of hydrogen-bond acceptors (Lipinski definition) is 6. The first-order valence-electron chi connectivity index (χ1n) is 6.18. The van der Waals surface area contributed by atoms with Crippen LogP contribution in [0.5, 0.6) is 0 Å². The number of halogens is 1. The van der Waals surface area contributed by atoms with Crippen molar-refractivity contribution in [2.75, 3.05) is 0 Å². The van der Waals surface area contributed by atoms with Gasteiger partial charge in [-0.05, 0) is 42.5 Å². The van der Waals surface area contributed by atoms with Crippen LogP contribution in [0.15, 0.2) is 6.07 Å². The number of rotatable bonds is 0. The topological polar surface area (TPSA) is 109 Å². The molecule has 0 N–H and O–H groups in total. The van der Waals surface area contributed by atoms with Crippen LogP contribution in [0, 0.1) is 24.1 Å². The monoisotopic (exact) mass is 318 g/mol. The van der Waals surface area contributed by atoms with Crippen molar-refractivity contribution in [1.82, 2.24) is 4.98 Å². The summed E-state index contributed by atoms with van der Waals surface area (Å²) in [6, 6.07) is 2.18. The molecule has 0 aromatic carbocycles. The number of hydrogen-bond donors (Lipinski definition) is 0. The second-order valence-corrected chi connectivity index (χ2v) is 6.53. The van der Waals surface area contributed by atoms with E-state index in [0.29, 0.717) is 0 Å². The molecule has 3 rings (SSSR count). The minimum atomic E-state index is -4.94. The molecule has 0 amide bonds. The maximum Gasteiger partial charge on any atom is 0.387 e.